The minimum absolute atomic E-state index is 0.0441. The summed E-state index contributed by atoms with van der Waals surface area (Å²) in [6.45, 7) is 17.7. The number of nitrogens with one attached hydrogen (secondary N) is 1. The molecule has 0 aromatic rings. The molecule has 11 heteroatoms. The molecule has 0 aliphatic carbocycles. The highest BCUT2D eigenvalue weighted by molar-refractivity contribution is 6.48. The van der Waals surface area contributed by atoms with E-state index in [1.807, 2.05) is 6.92 Å². The van der Waals surface area contributed by atoms with Crippen LogP contribution in [0.3, 0.4) is 0 Å². The predicted octanol–water partition coefficient (Wildman–Crippen LogP) is 3.28. The van der Waals surface area contributed by atoms with Crippen molar-refractivity contribution < 1.29 is 33.1 Å². The standard InChI is InChI=1S/C27H45N3O7Si/c1-11-12-35-25(34)30-16-19(36-24(33)29(7)8)14-18(30)13-17(2)21(31)15-20-22(23(32)28-20)27(6,26(3,4)5)37-38(9)10/h11,13,18-20,22,38H,1,12,14-16H2,2-10H3,(H,28,32)/b17-13+/t18-,19-,20-,22-,27-/m1/s1. The SMILES string of the molecule is C=CCOC(=O)N1C[C@H](OC(=O)N(C)C)C[C@H]1/C=C(\C)C(=O)C[C@H]1NC(=O)[C@@H]1[C@@](C)(O[SiH](C)C)C(C)(C)C. The summed E-state index contributed by atoms with van der Waals surface area (Å²) in [7, 11) is 1.68. The smallest absolute Gasteiger partial charge is 0.410 e. The third kappa shape index (κ3) is 7.25. The number of nitrogens with zero attached hydrogens (tertiary/aromatic N) is 2. The monoisotopic (exact) mass is 551 g/mol. The van der Waals surface area contributed by atoms with E-state index in [9.17, 15) is 19.2 Å². The van der Waals surface area contributed by atoms with Gasteiger partial charge in [-0.1, -0.05) is 39.5 Å². The van der Waals surface area contributed by atoms with Crippen molar-refractivity contribution in [1.29, 1.82) is 0 Å². The minimum atomic E-state index is -1.48. The maximum Gasteiger partial charge on any atom is 0.410 e. The van der Waals surface area contributed by atoms with Crippen molar-refractivity contribution in [3.05, 3.63) is 24.3 Å². The summed E-state index contributed by atoms with van der Waals surface area (Å²) in [6, 6.07) is -0.834. The molecule has 38 heavy (non-hydrogen) atoms. The number of Topliss-reactive ketones (excluding diaryl/α,β-unsaturated/α-hetero) is 1. The van der Waals surface area contributed by atoms with Crippen LogP contribution >= 0.6 is 0 Å². The highest BCUT2D eigenvalue weighted by atomic mass is 28.3. The van der Waals surface area contributed by atoms with E-state index in [4.69, 9.17) is 13.9 Å². The van der Waals surface area contributed by atoms with E-state index in [1.165, 1.54) is 15.9 Å². The second kappa shape index (κ2) is 12.5. The van der Waals surface area contributed by atoms with E-state index >= 15 is 0 Å². The van der Waals surface area contributed by atoms with Crippen LogP contribution in [0.15, 0.2) is 24.3 Å². The second-order valence-corrected chi connectivity index (χ2v) is 14.1. The van der Waals surface area contributed by atoms with Gasteiger partial charge in [0.15, 0.2) is 14.8 Å². The summed E-state index contributed by atoms with van der Waals surface area (Å²) in [5, 5.41) is 2.91. The maximum atomic E-state index is 13.3. The number of hydrogen-bond donors (Lipinski definition) is 1. The molecule has 2 fully saturated rings. The van der Waals surface area contributed by atoms with Crippen molar-refractivity contribution in [2.75, 3.05) is 27.2 Å². The molecule has 0 unspecified atom stereocenters. The Morgan fingerprint density at radius 1 is 1.21 bits per heavy atom. The lowest BCUT2D eigenvalue weighted by Gasteiger charge is -2.54. The van der Waals surface area contributed by atoms with Crippen molar-refractivity contribution >= 4 is 32.9 Å². The zero-order valence-corrected chi connectivity index (χ0v) is 25.5. The third-order valence-electron chi connectivity index (χ3n) is 7.36. The van der Waals surface area contributed by atoms with Gasteiger partial charge in [-0.15, -0.1) is 0 Å². The first-order valence-corrected chi connectivity index (χ1v) is 15.9. The second-order valence-electron chi connectivity index (χ2n) is 11.8. The molecular formula is C27H45N3O7Si. The van der Waals surface area contributed by atoms with E-state index < -0.39 is 44.9 Å². The average molecular weight is 552 g/mol. The number of rotatable bonds is 10. The largest absolute Gasteiger partial charge is 0.445 e. The van der Waals surface area contributed by atoms with Gasteiger partial charge in [0.25, 0.3) is 0 Å². The lowest BCUT2D eigenvalue weighted by Crippen LogP contribution is -2.70. The quantitative estimate of drug-likeness (QED) is 0.192. The third-order valence-corrected chi connectivity index (χ3v) is 8.32. The first-order chi connectivity index (χ1) is 17.5. The Morgan fingerprint density at radius 3 is 2.34 bits per heavy atom. The first-order valence-electron chi connectivity index (χ1n) is 13.1. The molecule has 2 aliphatic rings. The molecule has 0 saturated carbocycles. The molecule has 10 nitrogen and oxygen atoms in total. The van der Waals surface area contributed by atoms with E-state index in [-0.39, 0.29) is 42.7 Å². The van der Waals surface area contributed by atoms with Gasteiger partial charge in [-0.3, -0.25) is 14.5 Å². The molecule has 2 saturated heterocycles. The van der Waals surface area contributed by atoms with E-state index in [1.54, 1.807) is 27.1 Å². The molecular weight excluding hydrogens is 506 g/mol. The topological polar surface area (TPSA) is 114 Å². The van der Waals surface area contributed by atoms with Crippen LogP contribution < -0.4 is 5.32 Å². The summed E-state index contributed by atoms with van der Waals surface area (Å²) in [6.07, 6.45) is 2.04. The molecule has 2 heterocycles. The number of ether oxygens (including phenoxy) is 2. The number of allylic oxidation sites excluding steroid dienone is 1. The fourth-order valence-corrected chi connectivity index (χ4v) is 6.41. The van der Waals surface area contributed by atoms with Gasteiger partial charge in [-0.25, -0.2) is 9.59 Å². The molecule has 0 bridgehead atoms. The number of carbonyl (C=O) groups excluding carboxylic acids is 4. The summed E-state index contributed by atoms with van der Waals surface area (Å²) in [5.74, 6) is -0.680. The Kier molecular flexibility index (Phi) is 10.3. The van der Waals surface area contributed by atoms with E-state index in [2.05, 4.69) is 45.8 Å². The number of likely N-dealkylation sites (tertiary alicyclic amines) is 1. The molecule has 214 valence electrons. The van der Waals surface area contributed by atoms with Crippen molar-refractivity contribution in [3.8, 4) is 0 Å². The molecule has 3 amide bonds. The molecule has 1 N–H and O–H groups in total. The Morgan fingerprint density at radius 2 is 1.84 bits per heavy atom. The highest BCUT2D eigenvalue weighted by Gasteiger charge is 2.57. The molecule has 0 aromatic carbocycles. The Hall–Kier alpha value is -2.66. The van der Waals surface area contributed by atoms with Gasteiger partial charge >= 0.3 is 12.2 Å². The lowest BCUT2D eigenvalue weighted by molar-refractivity contribution is -0.160. The summed E-state index contributed by atoms with van der Waals surface area (Å²) < 4.78 is 17.1. The van der Waals surface area contributed by atoms with Gasteiger partial charge in [0.05, 0.1) is 30.1 Å². The number of hydrogen-bond acceptors (Lipinski definition) is 7. The zero-order valence-electron chi connectivity index (χ0n) is 24.3. The van der Waals surface area contributed by atoms with Crippen molar-refractivity contribution in [2.24, 2.45) is 11.3 Å². The Labute approximate surface area is 228 Å². The maximum absolute atomic E-state index is 13.3. The highest BCUT2D eigenvalue weighted by Crippen LogP contribution is 2.45. The molecule has 2 aliphatic heterocycles. The van der Waals surface area contributed by atoms with Crippen molar-refractivity contribution in [1.82, 2.24) is 15.1 Å². The van der Waals surface area contributed by atoms with Gasteiger partial charge in [-0.2, -0.15) is 0 Å². The fraction of sp³-hybridized carbons (Fsp3) is 0.704. The molecule has 2 rings (SSSR count). The van der Waals surface area contributed by atoms with Crippen LogP contribution in [0, 0.1) is 11.3 Å². The number of β-lactam (4-membered cyclic amide) rings is 1. The molecule has 0 aromatic heterocycles. The van der Waals surface area contributed by atoms with E-state index in [0.717, 1.165) is 0 Å². The first kappa shape index (κ1) is 31.6. The summed E-state index contributed by atoms with van der Waals surface area (Å²) in [5.41, 5.74) is -0.555. The number of ketones is 1. The fourth-order valence-electron chi connectivity index (χ4n) is 4.93. The van der Waals surface area contributed by atoms with Crippen LogP contribution in [-0.2, 0) is 23.5 Å². The molecule has 5 atom stereocenters. The molecule has 0 radical (unpaired) electrons. The normalized spacial score (nSPS) is 25.3. The predicted molar refractivity (Wildman–Crippen MR) is 147 cm³/mol. The van der Waals surface area contributed by atoms with Gasteiger partial charge in [-0.05, 0) is 37.9 Å². The zero-order chi connectivity index (χ0) is 29.0. The Bertz CT molecular complexity index is 959. The summed E-state index contributed by atoms with van der Waals surface area (Å²) in [4.78, 5) is 53.5. The van der Waals surface area contributed by atoms with Crippen molar-refractivity contribution in [3.63, 3.8) is 0 Å². The van der Waals surface area contributed by atoms with Gasteiger partial charge < -0.3 is 24.1 Å². The number of carbonyl (C=O) groups is 4. The van der Waals surface area contributed by atoms with Gasteiger partial charge in [0.1, 0.15) is 12.7 Å². The minimum Gasteiger partial charge on any atom is -0.445 e. The van der Waals surface area contributed by atoms with Crippen LogP contribution in [0.1, 0.15) is 47.5 Å². The van der Waals surface area contributed by atoms with Crippen molar-refractivity contribution in [2.45, 2.75) is 84.3 Å². The van der Waals surface area contributed by atoms with Crippen LogP contribution in [-0.4, -0.2) is 93.8 Å². The van der Waals surface area contributed by atoms with Gasteiger partial charge in [0.2, 0.25) is 5.91 Å². The van der Waals surface area contributed by atoms with Crippen LogP contribution in [0.2, 0.25) is 13.1 Å². The molecule has 0 spiro atoms. The average Bonchev–Trinajstić information content (AvgIpc) is 3.17. The number of amides is 3. The van der Waals surface area contributed by atoms with Crippen LogP contribution in [0.4, 0.5) is 9.59 Å². The van der Waals surface area contributed by atoms with Crippen LogP contribution in [0.25, 0.3) is 0 Å². The van der Waals surface area contributed by atoms with E-state index in [0.29, 0.717) is 12.0 Å². The lowest BCUT2D eigenvalue weighted by atomic mass is 9.63. The Balaban J connectivity index is 2.20. The van der Waals surface area contributed by atoms with Gasteiger partial charge in [0, 0.05) is 26.9 Å². The van der Waals surface area contributed by atoms with Crippen LogP contribution in [0.5, 0.6) is 0 Å². The summed E-state index contributed by atoms with van der Waals surface area (Å²) >= 11 is 0.